The summed E-state index contributed by atoms with van der Waals surface area (Å²) >= 11 is 0. The summed E-state index contributed by atoms with van der Waals surface area (Å²) in [7, 11) is 1.71. The van der Waals surface area contributed by atoms with Gasteiger partial charge < -0.3 is 18.9 Å². The standard InChI is InChI=1S/C31H34F2N4O4/c1-30(2,3)36(29(39)41-31(4,5)6)15-9-10-18-13-14-20-21(16-18)37-22-17-23(26(37)34-20)35(7)27(38)19-11-8-12-24(25(19)22)40-28(32)33/h8,11-14,16,22-23,28H,15,17H2,1-7H3/t22?,23-/m1/s1. The molecule has 0 N–H and O–H groups in total. The quantitative estimate of drug-likeness (QED) is 0.357. The zero-order valence-corrected chi connectivity index (χ0v) is 24.3. The number of nitrogens with zero attached hydrogens (tertiary/aromatic N) is 4. The summed E-state index contributed by atoms with van der Waals surface area (Å²) in [6.45, 7) is 8.38. The van der Waals surface area contributed by atoms with Gasteiger partial charge in [-0.3, -0.25) is 9.69 Å². The summed E-state index contributed by atoms with van der Waals surface area (Å²) in [5.41, 5.74) is 1.83. The Balaban J connectivity index is 1.54. The van der Waals surface area contributed by atoms with E-state index in [1.54, 1.807) is 29.0 Å². The van der Waals surface area contributed by atoms with Crippen molar-refractivity contribution in [3.8, 4) is 17.6 Å². The van der Waals surface area contributed by atoms with Crippen LogP contribution < -0.4 is 4.74 Å². The van der Waals surface area contributed by atoms with Crippen molar-refractivity contribution in [1.29, 1.82) is 0 Å². The molecular formula is C31H34F2N4O4. The lowest BCUT2D eigenvalue weighted by atomic mass is 9.97. The molecule has 2 aliphatic heterocycles. The van der Waals surface area contributed by atoms with Gasteiger partial charge in [0.15, 0.2) is 0 Å². The third-order valence-corrected chi connectivity index (χ3v) is 7.30. The van der Waals surface area contributed by atoms with E-state index in [1.807, 2.05) is 64.3 Å². The van der Waals surface area contributed by atoms with Crippen LogP contribution >= 0.6 is 0 Å². The Bertz CT molecular complexity index is 1590. The minimum atomic E-state index is -3.02. The number of imidazole rings is 1. The number of rotatable bonds is 3. The van der Waals surface area contributed by atoms with Gasteiger partial charge in [0.2, 0.25) is 0 Å². The van der Waals surface area contributed by atoms with Crippen LogP contribution in [0.25, 0.3) is 11.0 Å². The van der Waals surface area contributed by atoms with Crippen LogP contribution in [0.2, 0.25) is 0 Å². The molecule has 0 spiro atoms. The Labute approximate surface area is 238 Å². The SMILES string of the molecule is CN1C(=O)c2cccc(OC(F)F)c2C2C[C@@H]1c1nc3ccc(C#CCN(C(=O)OC(C)(C)C)C(C)(C)C)cc3n12. The Kier molecular flexibility index (Phi) is 6.96. The summed E-state index contributed by atoms with van der Waals surface area (Å²) in [6.07, 6.45) is 0.0505. The lowest BCUT2D eigenvalue weighted by molar-refractivity contribution is -0.0507. The zero-order valence-electron chi connectivity index (χ0n) is 24.3. The Morgan fingerprint density at radius 1 is 1.15 bits per heavy atom. The molecule has 8 nitrogen and oxygen atoms in total. The third-order valence-electron chi connectivity index (χ3n) is 7.30. The van der Waals surface area contributed by atoms with Gasteiger partial charge in [0, 0.05) is 35.7 Å². The van der Waals surface area contributed by atoms with E-state index in [2.05, 4.69) is 11.8 Å². The first-order valence-corrected chi connectivity index (χ1v) is 13.5. The number of amides is 2. The molecule has 0 aliphatic carbocycles. The lowest BCUT2D eigenvalue weighted by Crippen LogP contribution is -2.48. The predicted octanol–water partition coefficient (Wildman–Crippen LogP) is 6.14. The summed E-state index contributed by atoms with van der Waals surface area (Å²) < 4.78 is 39.2. The van der Waals surface area contributed by atoms with Gasteiger partial charge in [0.05, 0.1) is 29.7 Å². The fourth-order valence-corrected chi connectivity index (χ4v) is 5.47. The fraction of sp³-hybridized carbons (Fsp3) is 0.452. The number of ether oxygens (including phenoxy) is 2. The molecule has 41 heavy (non-hydrogen) atoms. The van der Waals surface area contributed by atoms with Gasteiger partial charge in [-0.2, -0.15) is 8.78 Å². The number of carbonyl (C=O) groups excluding carboxylic acids is 2. The maximum atomic E-state index is 13.3. The maximum absolute atomic E-state index is 13.3. The van der Waals surface area contributed by atoms with Crippen molar-refractivity contribution in [1.82, 2.24) is 19.4 Å². The number of hydrogen-bond acceptors (Lipinski definition) is 5. The zero-order chi connectivity index (χ0) is 29.9. The maximum Gasteiger partial charge on any atom is 0.411 e. The second-order valence-electron chi connectivity index (χ2n) is 12.4. The average Bonchev–Trinajstić information content (AvgIpc) is 3.37. The molecule has 2 bridgehead atoms. The van der Waals surface area contributed by atoms with Crippen LogP contribution in [0.15, 0.2) is 36.4 Å². The topological polar surface area (TPSA) is 76.9 Å². The van der Waals surface area contributed by atoms with Crippen molar-refractivity contribution in [3.63, 3.8) is 0 Å². The lowest BCUT2D eigenvalue weighted by Gasteiger charge is -2.35. The van der Waals surface area contributed by atoms with E-state index in [9.17, 15) is 18.4 Å². The molecule has 5 rings (SSSR count). The Morgan fingerprint density at radius 2 is 1.88 bits per heavy atom. The molecule has 3 aromatic rings. The Hall–Kier alpha value is -4.13. The molecule has 2 atom stereocenters. The first-order chi connectivity index (χ1) is 19.2. The van der Waals surface area contributed by atoms with Gasteiger partial charge in [0.1, 0.15) is 17.2 Å². The molecule has 0 radical (unpaired) electrons. The van der Waals surface area contributed by atoms with Crippen molar-refractivity contribution in [2.24, 2.45) is 0 Å². The van der Waals surface area contributed by atoms with Gasteiger partial charge in [-0.15, -0.1) is 0 Å². The molecule has 2 amide bonds. The summed E-state index contributed by atoms with van der Waals surface area (Å²) in [5, 5.41) is 0. The first kappa shape index (κ1) is 28.4. The fourth-order valence-electron chi connectivity index (χ4n) is 5.47. The van der Waals surface area contributed by atoms with E-state index in [0.29, 0.717) is 34.5 Å². The number of aromatic nitrogens is 2. The molecular weight excluding hydrogens is 530 g/mol. The van der Waals surface area contributed by atoms with Crippen LogP contribution in [0.1, 0.15) is 87.4 Å². The van der Waals surface area contributed by atoms with Crippen molar-refractivity contribution in [2.45, 2.75) is 77.8 Å². The summed E-state index contributed by atoms with van der Waals surface area (Å²) in [6, 6.07) is 9.54. The molecule has 2 aromatic carbocycles. The van der Waals surface area contributed by atoms with Gasteiger partial charge in [-0.05, 0) is 71.9 Å². The van der Waals surface area contributed by atoms with Crippen LogP contribution in [-0.4, -0.2) is 62.7 Å². The summed E-state index contributed by atoms with van der Waals surface area (Å²) in [4.78, 5) is 34.2. The van der Waals surface area contributed by atoms with Crippen molar-refractivity contribution < 1.29 is 27.8 Å². The molecule has 2 aliphatic rings. The highest BCUT2D eigenvalue weighted by Gasteiger charge is 2.45. The first-order valence-electron chi connectivity index (χ1n) is 13.5. The van der Waals surface area contributed by atoms with Gasteiger partial charge in [-0.25, -0.2) is 9.78 Å². The van der Waals surface area contributed by atoms with E-state index < -0.39 is 29.9 Å². The molecule has 0 saturated heterocycles. The smallest absolute Gasteiger partial charge is 0.411 e. The predicted molar refractivity (Wildman–Crippen MR) is 150 cm³/mol. The molecule has 0 saturated carbocycles. The van der Waals surface area contributed by atoms with Gasteiger partial charge in [-0.1, -0.05) is 17.9 Å². The number of halogens is 2. The van der Waals surface area contributed by atoms with E-state index >= 15 is 0 Å². The molecule has 216 valence electrons. The number of hydrogen-bond donors (Lipinski definition) is 0. The van der Waals surface area contributed by atoms with Crippen molar-refractivity contribution in [2.75, 3.05) is 13.6 Å². The third kappa shape index (κ3) is 5.33. The minimum Gasteiger partial charge on any atom is -0.444 e. The van der Waals surface area contributed by atoms with E-state index in [-0.39, 0.29) is 24.2 Å². The number of alkyl halides is 2. The molecule has 1 aromatic heterocycles. The van der Waals surface area contributed by atoms with Gasteiger partial charge in [0.25, 0.3) is 5.91 Å². The molecule has 10 heteroatoms. The average molecular weight is 565 g/mol. The number of benzene rings is 2. The Morgan fingerprint density at radius 3 is 2.54 bits per heavy atom. The van der Waals surface area contributed by atoms with Crippen molar-refractivity contribution >= 4 is 23.0 Å². The second-order valence-corrected chi connectivity index (χ2v) is 12.4. The number of fused-ring (bicyclic) bond motifs is 9. The summed E-state index contributed by atoms with van der Waals surface area (Å²) in [5.74, 6) is 6.67. The van der Waals surface area contributed by atoms with Crippen LogP contribution in [0.3, 0.4) is 0 Å². The van der Waals surface area contributed by atoms with E-state index in [0.717, 1.165) is 5.52 Å². The molecule has 3 heterocycles. The van der Waals surface area contributed by atoms with E-state index in [1.165, 1.54) is 6.07 Å². The highest BCUT2D eigenvalue weighted by Crippen LogP contribution is 2.50. The monoisotopic (exact) mass is 564 g/mol. The molecule has 0 fully saturated rings. The van der Waals surface area contributed by atoms with Crippen LogP contribution in [0.4, 0.5) is 13.6 Å². The van der Waals surface area contributed by atoms with Crippen LogP contribution in [0, 0.1) is 11.8 Å². The highest BCUT2D eigenvalue weighted by atomic mass is 19.3. The largest absolute Gasteiger partial charge is 0.444 e. The van der Waals surface area contributed by atoms with Gasteiger partial charge >= 0.3 is 12.7 Å². The molecule has 1 unspecified atom stereocenters. The minimum absolute atomic E-state index is 0.0139. The normalized spacial score (nSPS) is 18.0. The highest BCUT2D eigenvalue weighted by molar-refractivity contribution is 5.97. The second kappa shape index (κ2) is 10.1. The van der Waals surface area contributed by atoms with E-state index in [4.69, 9.17) is 14.5 Å². The number of carbonyl (C=O) groups is 2. The van der Waals surface area contributed by atoms with Crippen LogP contribution in [-0.2, 0) is 4.74 Å². The van der Waals surface area contributed by atoms with Crippen molar-refractivity contribution in [3.05, 3.63) is 58.9 Å². The van der Waals surface area contributed by atoms with Crippen LogP contribution in [0.5, 0.6) is 5.75 Å².